The van der Waals surface area contributed by atoms with Gasteiger partial charge in [-0.3, -0.25) is 10.1 Å². The molecule has 2 aromatic heterocycles. The number of hydrogen-bond acceptors (Lipinski definition) is 13. The Bertz CT molecular complexity index is 1530. The van der Waals surface area contributed by atoms with Gasteiger partial charge in [0.05, 0.1) is 12.4 Å². The molecule has 0 radical (unpaired) electrons. The third-order valence-corrected chi connectivity index (χ3v) is 9.10. The van der Waals surface area contributed by atoms with Gasteiger partial charge in [0.2, 0.25) is 17.6 Å². The number of oxime groups is 1. The van der Waals surface area contributed by atoms with Crippen LogP contribution in [-0.4, -0.2) is 88.4 Å². The zero-order valence-corrected chi connectivity index (χ0v) is 26.2. The standard InChI is InChI=1S/C25H34N10O7S2/c1-5-6-28-24(41)29-14-10-34(33(4)18(14)26)8-13-11-43-20-12(9-35(20)17(13)21(37)38)7-15(36)16(19-30-23(27)44-32-19)31-42-25(2,3)22(39)40/h10,12,20,26H,5-9,11H2,1-4H3,(H6,27,28,29,30,32,37,38,39,40,41)/p+1/b31-16+/t12-,20?/m1/s1. The van der Waals surface area contributed by atoms with Crippen LogP contribution in [-0.2, 0) is 32.8 Å². The maximum atomic E-state index is 13.4. The molecule has 19 heteroatoms. The van der Waals surface area contributed by atoms with E-state index in [-0.39, 0.29) is 46.6 Å². The number of nitrogens with one attached hydrogen (secondary N) is 2. The van der Waals surface area contributed by atoms with Crippen molar-refractivity contribution in [2.24, 2.45) is 18.1 Å². The molecule has 8 N–H and O–H groups in total. The Labute approximate surface area is 260 Å². The van der Waals surface area contributed by atoms with E-state index >= 15 is 0 Å². The molecule has 4 heterocycles. The summed E-state index contributed by atoms with van der Waals surface area (Å²) in [6, 6.07) is -0.390. The third kappa shape index (κ3) is 6.88. The number of Topliss-reactive ketones (excluding diaryl/α,β-unsaturated/α-hetero) is 1. The smallest absolute Gasteiger partial charge is 0.352 e. The Morgan fingerprint density at radius 3 is 2.61 bits per heavy atom. The molecule has 2 aliphatic rings. The molecule has 2 aliphatic heterocycles. The molecular weight excluding hydrogens is 616 g/mol. The maximum absolute atomic E-state index is 13.4. The van der Waals surface area contributed by atoms with Crippen molar-refractivity contribution in [3.05, 3.63) is 23.3 Å². The first kappa shape index (κ1) is 32.5. The van der Waals surface area contributed by atoms with Crippen molar-refractivity contribution in [2.75, 3.05) is 35.6 Å². The molecule has 2 aromatic rings. The minimum Gasteiger partial charge on any atom is -0.478 e. The fourth-order valence-corrected chi connectivity index (χ4v) is 6.43. The lowest BCUT2D eigenvalue weighted by atomic mass is 9.90. The summed E-state index contributed by atoms with van der Waals surface area (Å²) in [5.74, 6) is -2.48. The Morgan fingerprint density at radius 2 is 2.00 bits per heavy atom. The van der Waals surface area contributed by atoms with Crippen LogP contribution in [0.5, 0.6) is 0 Å². The molecule has 44 heavy (non-hydrogen) atoms. The summed E-state index contributed by atoms with van der Waals surface area (Å²) in [5, 5.41) is 28.5. The number of amides is 2. The first-order valence-corrected chi connectivity index (χ1v) is 15.4. The Hall–Kier alpha value is -4.39. The topological polar surface area (TPSA) is 244 Å². The molecule has 1 fully saturated rings. The van der Waals surface area contributed by atoms with Crippen LogP contribution in [0.2, 0.25) is 0 Å². The Balaban J connectivity index is 1.49. The van der Waals surface area contributed by atoms with Gasteiger partial charge < -0.3 is 36.7 Å². The van der Waals surface area contributed by atoms with Gasteiger partial charge in [-0.15, -0.1) is 21.1 Å². The van der Waals surface area contributed by atoms with E-state index in [0.29, 0.717) is 35.9 Å². The number of urea groups is 1. The van der Waals surface area contributed by atoms with Crippen molar-refractivity contribution in [2.45, 2.75) is 51.1 Å². The number of fused-ring (bicyclic) bond motifs is 1. The van der Waals surface area contributed by atoms with Crippen molar-refractivity contribution in [1.29, 1.82) is 0 Å². The van der Waals surface area contributed by atoms with Crippen LogP contribution in [0, 0.1) is 5.92 Å². The monoisotopic (exact) mass is 651 g/mol. The van der Waals surface area contributed by atoms with Gasteiger partial charge in [0.15, 0.2) is 34.7 Å². The van der Waals surface area contributed by atoms with Crippen LogP contribution in [0.1, 0.15) is 39.4 Å². The number of carbonyl (C=O) groups is 4. The quantitative estimate of drug-likeness (QED) is 0.0980. The summed E-state index contributed by atoms with van der Waals surface area (Å²) < 4.78 is 7.38. The van der Waals surface area contributed by atoms with Crippen LogP contribution < -0.4 is 26.8 Å². The number of aromatic nitrogens is 4. The van der Waals surface area contributed by atoms with Crippen molar-refractivity contribution in [3.63, 3.8) is 0 Å². The highest BCUT2D eigenvalue weighted by Gasteiger charge is 2.48. The van der Waals surface area contributed by atoms with Crippen LogP contribution >= 0.6 is 23.3 Å². The molecular formula is C25H35N10O7S2+. The number of nitrogen functional groups attached to an aromatic ring is 2. The highest BCUT2D eigenvalue weighted by molar-refractivity contribution is 8.00. The van der Waals surface area contributed by atoms with E-state index in [2.05, 4.69) is 25.1 Å². The van der Waals surface area contributed by atoms with Gasteiger partial charge in [0.25, 0.3) is 0 Å². The first-order chi connectivity index (χ1) is 20.7. The molecule has 2 amide bonds. The number of thioether (sulfide) groups is 1. The SMILES string of the molecule is CCCNC(=O)Nc1c[n+](CC2=C(C(=O)O)N3C[C@@H](CC(=O)/C(=N\OC(C)(C)C(=O)O)c4nsc(N)n4)C3SC2)n(C)c1N. The van der Waals surface area contributed by atoms with E-state index in [4.69, 9.17) is 16.3 Å². The predicted octanol–water partition coefficient (Wildman–Crippen LogP) is 0.447. The third-order valence-electron chi connectivity index (χ3n) is 7.06. The minimum atomic E-state index is -1.71. The van der Waals surface area contributed by atoms with Crippen LogP contribution in [0.3, 0.4) is 0 Å². The fraction of sp³-hybridized carbons (Fsp3) is 0.520. The molecule has 1 saturated heterocycles. The number of hydrogen-bond donors (Lipinski definition) is 6. The van der Waals surface area contributed by atoms with Gasteiger partial charge in [-0.25, -0.2) is 14.4 Å². The molecule has 0 spiro atoms. The minimum absolute atomic E-state index is 0.0244. The highest BCUT2D eigenvalue weighted by Crippen LogP contribution is 2.44. The molecule has 1 unspecified atom stereocenters. The number of carboxylic acids is 2. The number of anilines is 3. The number of nitrogens with two attached hydrogens (primary N) is 2. The van der Waals surface area contributed by atoms with E-state index in [1.807, 2.05) is 6.92 Å². The van der Waals surface area contributed by atoms with E-state index in [1.165, 1.54) is 25.6 Å². The fourth-order valence-electron chi connectivity index (χ4n) is 4.57. The van der Waals surface area contributed by atoms with E-state index < -0.39 is 29.4 Å². The van der Waals surface area contributed by atoms with E-state index in [1.54, 1.807) is 27.5 Å². The maximum Gasteiger partial charge on any atom is 0.352 e. The summed E-state index contributed by atoms with van der Waals surface area (Å²) in [6.07, 6.45) is 2.40. The summed E-state index contributed by atoms with van der Waals surface area (Å²) in [4.78, 5) is 60.3. The Morgan fingerprint density at radius 1 is 1.27 bits per heavy atom. The predicted molar refractivity (Wildman–Crippen MR) is 162 cm³/mol. The van der Waals surface area contributed by atoms with Gasteiger partial charge in [-0.2, -0.15) is 9.36 Å². The van der Waals surface area contributed by atoms with Crippen molar-refractivity contribution < 1.29 is 38.9 Å². The summed E-state index contributed by atoms with van der Waals surface area (Å²) >= 11 is 2.35. The van der Waals surface area contributed by atoms with Crippen molar-refractivity contribution in [3.8, 4) is 0 Å². The first-order valence-electron chi connectivity index (χ1n) is 13.6. The number of carbonyl (C=O) groups excluding carboxylic acids is 2. The van der Waals surface area contributed by atoms with Crippen LogP contribution in [0.25, 0.3) is 0 Å². The van der Waals surface area contributed by atoms with Gasteiger partial charge in [-0.05, 0) is 20.3 Å². The number of nitrogens with zero attached hydrogens (tertiary/aromatic N) is 6. The molecule has 2 atom stereocenters. The second-order valence-electron chi connectivity index (χ2n) is 10.7. The normalized spacial score (nSPS) is 18.4. The van der Waals surface area contributed by atoms with Gasteiger partial charge in [0, 0.05) is 48.3 Å². The molecule has 0 bridgehead atoms. The number of rotatable bonds is 13. The number of ketones is 1. The van der Waals surface area contributed by atoms with Crippen molar-refractivity contribution >= 4 is 69.4 Å². The lowest BCUT2D eigenvalue weighted by molar-refractivity contribution is -0.765. The number of aliphatic carboxylic acids is 2. The second kappa shape index (κ2) is 13.1. The van der Waals surface area contributed by atoms with Crippen LogP contribution in [0.4, 0.5) is 21.4 Å². The summed E-state index contributed by atoms with van der Waals surface area (Å²) in [7, 11) is 1.71. The molecule has 0 aromatic carbocycles. The zero-order chi connectivity index (χ0) is 32.3. The molecule has 4 rings (SSSR count). The summed E-state index contributed by atoms with van der Waals surface area (Å²) in [6.45, 7) is 5.52. The van der Waals surface area contributed by atoms with Crippen LogP contribution in [0.15, 0.2) is 22.6 Å². The molecule has 17 nitrogen and oxygen atoms in total. The van der Waals surface area contributed by atoms with E-state index in [9.17, 15) is 29.4 Å². The van der Waals surface area contributed by atoms with E-state index in [0.717, 1.165) is 18.0 Å². The average Bonchev–Trinajstić information content (AvgIpc) is 3.48. The highest BCUT2D eigenvalue weighted by atomic mass is 32.2. The van der Waals surface area contributed by atoms with Gasteiger partial charge >= 0.3 is 18.0 Å². The second-order valence-corrected chi connectivity index (χ2v) is 12.6. The largest absolute Gasteiger partial charge is 0.478 e. The molecule has 0 aliphatic carbocycles. The van der Waals surface area contributed by atoms with Gasteiger partial charge in [-0.1, -0.05) is 12.1 Å². The average molecular weight is 652 g/mol. The van der Waals surface area contributed by atoms with Gasteiger partial charge in [0.1, 0.15) is 5.70 Å². The van der Waals surface area contributed by atoms with Crippen molar-refractivity contribution in [1.82, 2.24) is 24.3 Å². The number of carboxylic acid groups (broad SMARTS) is 2. The molecule has 238 valence electrons. The zero-order valence-electron chi connectivity index (χ0n) is 24.6. The molecule has 0 saturated carbocycles. The lowest BCUT2D eigenvalue weighted by Crippen LogP contribution is -2.58. The lowest BCUT2D eigenvalue weighted by Gasteiger charge is -2.51. The Kier molecular flexibility index (Phi) is 9.67. The summed E-state index contributed by atoms with van der Waals surface area (Å²) in [5.41, 5.74) is 11.1.